The molecule has 0 bridgehead atoms. The van der Waals surface area contributed by atoms with E-state index in [0.29, 0.717) is 10.4 Å². The van der Waals surface area contributed by atoms with Crippen molar-refractivity contribution in [2.75, 3.05) is 7.11 Å². The second-order valence-electron chi connectivity index (χ2n) is 4.80. The van der Waals surface area contributed by atoms with Crippen molar-refractivity contribution >= 4 is 27.2 Å². The van der Waals surface area contributed by atoms with Crippen molar-refractivity contribution in [1.29, 1.82) is 0 Å². The first kappa shape index (κ1) is 13.8. The van der Waals surface area contributed by atoms with Gasteiger partial charge in [-0.15, -0.1) is 11.3 Å². The number of hydrogen-bond donors (Lipinski definition) is 0. The van der Waals surface area contributed by atoms with Gasteiger partial charge in [-0.3, -0.25) is 4.79 Å². The van der Waals surface area contributed by atoms with Crippen molar-refractivity contribution in [3.63, 3.8) is 0 Å². The van der Waals surface area contributed by atoms with Crippen LogP contribution in [0.25, 0.3) is 10.1 Å². The second-order valence-corrected chi connectivity index (χ2v) is 5.89. The fourth-order valence-electron chi connectivity index (χ4n) is 2.27. The average molecular weight is 300 g/mol. The molecule has 3 aromatic rings. The first-order valence-electron chi connectivity index (χ1n) is 6.47. The number of rotatable bonds is 3. The molecule has 0 unspecified atom stereocenters. The van der Waals surface area contributed by atoms with E-state index in [4.69, 9.17) is 4.74 Å². The molecule has 0 aliphatic carbocycles. The van der Waals surface area contributed by atoms with Gasteiger partial charge in [-0.1, -0.05) is 6.07 Å². The molecule has 0 fully saturated rings. The van der Waals surface area contributed by atoms with Gasteiger partial charge in [0.1, 0.15) is 11.6 Å². The Kier molecular flexibility index (Phi) is 3.47. The molecule has 0 amide bonds. The molecule has 3 rings (SSSR count). The SMILES string of the molecule is COc1ccc(C(=O)c2cc3ccc(F)cc3s2)c(C)c1. The molecule has 0 spiro atoms. The number of ketones is 1. The molecule has 2 aromatic carbocycles. The molecule has 0 N–H and O–H groups in total. The number of hydrogen-bond acceptors (Lipinski definition) is 3. The van der Waals surface area contributed by atoms with Crippen molar-refractivity contribution in [2.24, 2.45) is 0 Å². The molecule has 0 aliphatic rings. The summed E-state index contributed by atoms with van der Waals surface area (Å²) < 4.78 is 19.2. The highest BCUT2D eigenvalue weighted by molar-refractivity contribution is 7.21. The molecular weight excluding hydrogens is 287 g/mol. The Bertz CT molecular complexity index is 836. The minimum absolute atomic E-state index is 0.0447. The van der Waals surface area contributed by atoms with Crippen LogP contribution in [0.15, 0.2) is 42.5 Å². The number of methoxy groups -OCH3 is 1. The summed E-state index contributed by atoms with van der Waals surface area (Å²) in [4.78, 5) is 13.2. The summed E-state index contributed by atoms with van der Waals surface area (Å²) in [5.41, 5.74) is 1.51. The highest BCUT2D eigenvalue weighted by Crippen LogP contribution is 2.29. The number of carbonyl (C=O) groups excluding carboxylic acids is 1. The summed E-state index contributed by atoms with van der Waals surface area (Å²) in [6.07, 6.45) is 0. The van der Waals surface area contributed by atoms with E-state index in [1.54, 1.807) is 25.3 Å². The number of ether oxygens (including phenoxy) is 1. The Morgan fingerprint density at radius 3 is 2.67 bits per heavy atom. The lowest BCUT2D eigenvalue weighted by Gasteiger charge is -2.06. The molecule has 0 atom stereocenters. The van der Waals surface area contributed by atoms with E-state index in [2.05, 4.69) is 0 Å². The largest absolute Gasteiger partial charge is 0.497 e. The first-order chi connectivity index (χ1) is 10.1. The maximum atomic E-state index is 13.2. The van der Waals surface area contributed by atoms with Gasteiger partial charge in [-0.25, -0.2) is 4.39 Å². The van der Waals surface area contributed by atoms with Crippen LogP contribution in [-0.4, -0.2) is 12.9 Å². The predicted octanol–water partition coefficient (Wildman–Crippen LogP) is 4.59. The van der Waals surface area contributed by atoms with Gasteiger partial charge in [-0.05, 0) is 54.3 Å². The molecule has 0 radical (unpaired) electrons. The topological polar surface area (TPSA) is 26.3 Å². The normalized spacial score (nSPS) is 10.8. The van der Waals surface area contributed by atoms with Gasteiger partial charge in [0.2, 0.25) is 5.78 Å². The van der Waals surface area contributed by atoms with E-state index in [9.17, 15) is 9.18 Å². The van der Waals surface area contributed by atoms with Crippen LogP contribution in [0.1, 0.15) is 20.8 Å². The third-order valence-electron chi connectivity index (χ3n) is 3.38. The molecule has 4 heteroatoms. The minimum Gasteiger partial charge on any atom is -0.497 e. The summed E-state index contributed by atoms with van der Waals surface area (Å²) >= 11 is 1.31. The molecule has 1 heterocycles. The second kappa shape index (κ2) is 5.30. The number of thiophene rings is 1. The molecule has 1 aromatic heterocycles. The third kappa shape index (κ3) is 2.54. The van der Waals surface area contributed by atoms with E-state index in [-0.39, 0.29) is 11.6 Å². The summed E-state index contributed by atoms with van der Waals surface area (Å²) in [6.45, 7) is 1.88. The van der Waals surface area contributed by atoms with Gasteiger partial charge in [0, 0.05) is 10.3 Å². The van der Waals surface area contributed by atoms with E-state index in [0.717, 1.165) is 21.4 Å². The monoisotopic (exact) mass is 300 g/mol. The van der Waals surface area contributed by atoms with E-state index >= 15 is 0 Å². The lowest BCUT2D eigenvalue weighted by molar-refractivity contribution is 0.104. The fourth-order valence-corrected chi connectivity index (χ4v) is 3.31. The molecule has 0 saturated heterocycles. The third-order valence-corrected chi connectivity index (χ3v) is 4.48. The van der Waals surface area contributed by atoms with Crippen LogP contribution in [0.3, 0.4) is 0 Å². The summed E-state index contributed by atoms with van der Waals surface area (Å²) in [5, 5.41) is 0.885. The lowest BCUT2D eigenvalue weighted by Crippen LogP contribution is -2.01. The summed E-state index contributed by atoms with van der Waals surface area (Å²) in [6, 6.07) is 11.7. The van der Waals surface area contributed by atoms with Crippen LogP contribution in [0.5, 0.6) is 5.75 Å². The smallest absolute Gasteiger partial charge is 0.203 e. The fraction of sp³-hybridized carbons (Fsp3) is 0.118. The maximum Gasteiger partial charge on any atom is 0.203 e. The van der Waals surface area contributed by atoms with E-state index < -0.39 is 0 Å². The lowest BCUT2D eigenvalue weighted by atomic mass is 10.0. The predicted molar refractivity (Wildman–Crippen MR) is 82.9 cm³/mol. The molecule has 0 aliphatic heterocycles. The zero-order valence-corrected chi connectivity index (χ0v) is 12.5. The van der Waals surface area contributed by atoms with Gasteiger partial charge in [0.25, 0.3) is 0 Å². The van der Waals surface area contributed by atoms with Crippen LogP contribution in [0.2, 0.25) is 0 Å². The summed E-state index contributed by atoms with van der Waals surface area (Å²) in [5.74, 6) is 0.392. The Morgan fingerprint density at radius 1 is 1.14 bits per heavy atom. The molecular formula is C17H13FO2S. The number of halogens is 1. The van der Waals surface area contributed by atoms with Crippen molar-refractivity contribution in [3.05, 3.63) is 64.3 Å². The van der Waals surface area contributed by atoms with Crippen molar-refractivity contribution < 1.29 is 13.9 Å². The molecule has 2 nitrogen and oxygen atoms in total. The van der Waals surface area contributed by atoms with Crippen LogP contribution in [-0.2, 0) is 0 Å². The highest BCUT2D eigenvalue weighted by Gasteiger charge is 2.15. The average Bonchev–Trinajstić information content (AvgIpc) is 2.89. The summed E-state index contributed by atoms with van der Waals surface area (Å²) in [7, 11) is 1.59. The Hall–Kier alpha value is -2.20. The van der Waals surface area contributed by atoms with Crippen LogP contribution in [0, 0.1) is 12.7 Å². The zero-order chi connectivity index (χ0) is 15.0. The quantitative estimate of drug-likeness (QED) is 0.661. The Labute approximate surface area is 125 Å². The van der Waals surface area contributed by atoms with Crippen molar-refractivity contribution in [1.82, 2.24) is 0 Å². The van der Waals surface area contributed by atoms with Crippen molar-refractivity contribution in [2.45, 2.75) is 6.92 Å². The van der Waals surface area contributed by atoms with Gasteiger partial charge in [0.15, 0.2) is 0 Å². The Balaban J connectivity index is 2.03. The van der Waals surface area contributed by atoms with Gasteiger partial charge in [-0.2, -0.15) is 0 Å². The molecule has 106 valence electrons. The Morgan fingerprint density at radius 2 is 1.95 bits per heavy atom. The number of aryl methyl sites for hydroxylation is 1. The zero-order valence-electron chi connectivity index (χ0n) is 11.6. The number of carbonyl (C=O) groups is 1. The van der Waals surface area contributed by atoms with Gasteiger partial charge < -0.3 is 4.74 Å². The van der Waals surface area contributed by atoms with Crippen molar-refractivity contribution in [3.8, 4) is 5.75 Å². The molecule has 21 heavy (non-hydrogen) atoms. The van der Waals surface area contributed by atoms with Gasteiger partial charge >= 0.3 is 0 Å². The van der Waals surface area contributed by atoms with E-state index in [1.807, 2.05) is 19.1 Å². The first-order valence-corrected chi connectivity index (χ1v) is 7.28. The minimum atomic E-state index is -0.288. The van der Waals surface area contributed by atoms with Gasteiger partial charge in [0.05, 0.1) is 12.0 Å². The number of benzene rings is 2. The number of fused-ring (bicyclic) bond motifs is 1. The van der Waals surface area contributed by atoms with Crippen LogP contribution < -0.4 is 4.74 Å². The van der Waals surface area contributed by atoms with E-state index in [1.165, 1.54) is 23.5 Å². The highest BCUT2D eigenvalue weighted by atomic mass is 32.1. The van der Waals surface area contributed by atoms with Crippen LogP contribution >= 0.6 is 11.3 Å². The van der Waals surface area contributed by atoms with Crippen LogP contribution in [0.4, 0.5) is 4.39 Å². The standard InChI is InChI=1S/C17H13FO2S/c1-10-7-13(20-2)5-6-14(10)17(19)16-8-11-3-4-12(18)9-15(11)21-16/h3-9H,1-2H3. The maximum absolute atomic E-state index is 13.2. The molecule has 0 saturated carbocycles.